The first-order valence-electron chi connectivity index (χ1n) is 14.9. The van der Waals surface area contributed by atoms with Gasteiger partial charge >= 0.3 is 6.18 Å². The number of fused-ring (bicyclic) bond motifs is 3. The van der Waals surface area contributed by atoms with Gasteiger partial charge in [-0.25, -0.2) is 9.08 Å². The summed E-state index contributed by atoms with van der Waals surface area (Å²) in [7, 11) is 1.80. The van der Waals surface area contributed by atoms with E-state index in [0.717, 1.165) is 34.2 Å². The third-order valence-corrected chi connectivity index (χ3v) is 9.45. The van der Waals surface area contributed by atoms with Gasteiger partial charge in [0.05, 0.1) is 41.9 Å². The van der Waals surface area contributed by atoms with Gasteiger partial charge in [0.2, 0.25) is 0 Å². The van der Waals surface area contributed by atoms with Crippen LogP contribution in [0.4, 0.5) is 13.2 Å². The molecule has 5 aromatic rings. The largest absolute Gasteiger partial charge is 0.417 e. The smallest absolute Gasteiger partial charge is 0.330 e. The van der Waals surface area contributed by atoms with Gasteiger partial charge in [0.1, 0.15) is 5.65 Å². The van der Waals surface area contributed by atoms with E-state index in [0.29, 0.717) is 35.7 Å². The maximum Gasteiger partial charge on any atom is 0.417 e. The van der Waals surface area contributed by atoms with E-state index in [2.05, 4.69) is 26.2 Å². The molecule has 0 bridgehead atoms. The summed E-state index contributed by atoms with van der Waals surface area (Å²) in [4.78, 5) is 29.8. The Labute approximate surface area is 275 Å². The number of carbonyl (C=O) groups is 1. The molecule has 0 N–H and O–H groups in total. The van der Waals surface area contributed by atoms with Crippen LogP contribution in [0.25, 0.3) is 17.0 Å². The summed E-state index contributed by atoms with van der Waals surface area (Å²) in [6.45, 7) is 4.05. The lowest BCUT2D eigenvalue weighted by molar-refractivity contribution is -0.138. The highest BCUT2D eigenvalue weighted by atomic mass is 79.9. The highest BCUT2D eigenvalue weighted by Gasteiger charge is 2.37. The molecule has 7 rings (SSSR count). The normalized spacial score (nSPS) is 16.4. The molecule has 0 fully saturated rings. The Morgan fingerprint density at radius 1 is 1.11 bits per heavy atom. The van der Waals surface area contributed by atoms with E-state index < -0.39 is 23.7 Å². The minimum Gasteiger partial charge on any atom is -0.330 e. The second kappa shape index (κ2) is 11.4. The van der Waals surface area contributed by atoms with Crippen molar-refractivity contribution in [1.29, 1.82) is 0 Å². The molecule has 0 saturated heterocycles. The highest BCUT2D eigenvalue weighted by Crippen LogP contribution is 2.36. The first-order chi connectivity index (χ1) is 22.4. The Bertz CT molecular complexity index is 2200. The molecular weight excluding hydrogens is 677 g/mol. The van der Waals surface area contributed by atoms with Crippen molar-refractivity contribution >= 4 is 33.1 Å². The van der Waals surface area contributed by atoms with Gasteiger partial charge in [-0.05, 0) is 44.0 Å². The molecule has 1 amide bonds. The molecule has 0 radical (unpaired) electrons. The van der Waals surface area contributed by atoms with Crippen molar-refractivity contribution in [3.05, 3.63) is 121 Å². The third kappa shape index (κ3) is 5.29. The fourth-order valence-electron chi connectivity index (χ4n) is 6.35. The quantitative estimate of drug-likeness (QED) is 0.212. The highest BCUT2D eigenvalue weighted by molar-refractivity contribution is 9.10. The van der Waals surface area contributed by atoms with Crippen molar-refractivity contribution in [2.75, 3.05) is 6.54 Å². The number of rotatable bonds is 5. The van der Waals surface area contributed by atoms with Crippen LogP contribution in [0.1, 0.15) is 57.8 Å². The van der Waals surface area contributed by atoms with Crippen molar-refractivity contribution in [3.63, 3.8) is 0 Å². The maximum absolute atomic E-state index is 14.5. The van der Waals surface area contributed by atoms with Crippen molar-refractivity contribution in [1.82, 2.24) is 28.9 Å². The zero-order valence-corrected chi connectivity index (χ0v) is 27.2. The van der Waals surface area contributed by atoms with Crippen LogP contribution in [0.2, 0.25) is 0 Å². The molecule has 5 heterocycles. The molecule has 14 heteroatoms. The first-order valence-corrected chi connectivity index (χ1v) is 15.7. The van der Waals surface area contributed by atoms with Crippen LogP contribution in [0.5, 0.6) is 0 Å². The monoisotopic (exact) mass is 704 g/mol. The van der Waals surface area contributed by atoms with Crippen LogP contribution in [-0.4, -0.2) is 47.4 Å². The number of alkyl halides is 3. The second-order valence-corrected chi connectivity index (χ2v) is 12.6. The van der Waals surface area contributed by atoms with Crippen LogP contribution in [0.3, 0.4) is 0 Å². The number of hydrogen-bond donors (Lipinski definition) is 0. The van der Waals surface area contributed by atoms with Gasteiger partial charge in [-0.15, -0.1) is 0 Å². The van der Waals surface area contributed by atoms with Gasteiger partial charge in [0, 0.05) is 52.3 Å². The Morgan fingerprint density at radius 2 is 1.87 bits per heavy atom. The Hall–Kier alpha value is -4.85. The molecule has 2 aliphatic heterocycles. The number of benzene rings is 2. The van der Waals surface area contributed by atoms with E-state index in [9.17, 15) is 22.8 Å². The number of carbonyl (C=O) groups excluding carboxylic acids is 1. The number of nitrogens with zero attached hydrogens (tertiary/aromatic N) is 8. The van der Waals surface area contributed by atoms with Gasteiger partial charge in [-0.1, -0.05) is 46.3 Å². The number of halogens is 4. The summed E-state index contributed by atoms with van der Waals surface area (Å²) in [6.07, 6.45) is -2.28. The minimum atomic E-state index is -4.64. The number of azo groups is 1. The summed E-state index contributed by atoms with van der Waals surface area (Å²) >= 11 is 2.95. The van der Waals surface area contributed by atoms with E-state index in [4.69, 9.17) is 10.2 Å². The molecule has 0 unspecified atom stereocenters. The molecule has 10 nitrogen and oxygen atoms in total. The van der Waals surface area contributed by atoms with Crippen molar-refractivity contribution in [2.24, 2.45) is 17.3 Å². The standard InChI is InChI=1S/C33H28BrF3N8O2/c1-18-11-23-28(17-43(18)31(46)21-9-10-26(34)25(13-21)33(35,36)37)45-30(22(15-39-45)12-20-7-5-4-6-8-20)44(32(23)47)29-14-27(42(3)41-29)24-16-38-40-19(24)2/h4-10,13-15,18H,11-12,16-17H2,1-3H3/t18-/m0/s1. The molecule has 0 aliphatic carbocycles. The van der Waals surface area contributed by atoms with Crippen LogP contribution < -0.4 is 5.56 Å². The van der Waals surface area contributed by atoms with Gasteiger partial charge in [-0.2, -0.15) is 33.6 Å². The average Bonchev–Trinajstić information content (AvgIpc) is 3.75. The van der Waals surface area contributed by atoms with Gasteiger partial charge < -0.3 is 4.90 Å². The van der Waals surface area contributed by atoms with Crippen LogP contribution >= 0.6 is 15.9 Å². The van der Waals surface area contributed by atoms with Crippen LogP contribution in [-0.2, 0) is 32.6 Å². The number of hydrogen-bond acceptors (Lipinski definition) is 6. The lowest BCUT2D eigenvalue weighted by Crippen LogP contribution is -2.46. The fraction of sp³-hybridized carbons (Fsp3) is 0.273. The summed E-state index contributed by atoms with van der Waals surface area (Å²) in [5, 5.41) is 17.7. The topological polar surface area (TPSA) is 102 Å². The lowest BCUT2D eigenvalue weighted by Gasteiger charge is -2.35. The predicted octanol–water partition coefficient (Wildman–Crippen LogP) is 6.37. The van der Waals surface area contributed by atoms with Gasteiger partial charge in [-0.3, -0.25) is 14.3 Å². The Kier molecular flexibility index (Phi) is 7.49. The molecule has 1 atom stereocenters. The summed E-state index contributed by atoms with van der Waals surface area (Å²) < 4.78 is 45.8. The molecular formula is C33H28BrF3N8O2. The number of allylic oxidation sites excluding steroid dienone is 1. The molecule has 0 spiro atoms. The number of aromatic nitrogens is 5. The van der Waals surface area contributed by atoms with E-state index in [-0.39, 0.29) is 28.6 Å². The lowest BCUT2D eigenvalue weighted by atomic mass is 9.98. The number of aryl methyl sites for hydroxylation is 1. The Morgan fingerprint density at radius 3 is 2.57 bits per heavy atom. The van der Waals surface area contributed by atoms with Crippen molar-refractivity contribution in [2.45, 2.75) is 45.5 Å². The van der Waals surface area contributed by atoms with Gasteiger partial charge in [0.25, 0.3) is 11.5 Å². The van der Waals surface area contributed by atoms with Crippen molar-refractivity contribution < 1.29 is 18.0 Å². The van der Waals surface area contributed by atoms with E-state index >= 15 is 0 Å². The SMILES string of the molecule is CC1=C(c2cc(-n3c(=O)c4c(n5ncc(Cc6ccccc6)c35)CN(C(=O)c3ccc(Br)c(C(F)(F)F)c3)[C@@H](C)C4)nn2C)CN=N1. The minimum absolute atomic E-state index is 0.0195. The first kappa shape index (κ1) is 30.8. The fourth-order valence-corrected chi connectivity index (χ4v) is 6.82. The maximum atomic E-state index is 14.5. The van der Waals surface area contributed by atoms with Crippen LogP contribution in [0.15, 0.2) is 86.0 Å². The third-order valence-electron chi connectivity index (χ3n) is 8.75. The summed E-state index contributed by atoms with van der Waals surface area (Å²) in [6, 6.07) is 14.6. The predicted molar refractivity (Wildman–Crippen MR) is 171 cm³/mol. The summed E-state index contributed by atoms with van der Waals surface area (Å²) in [5.74, 6) is -0.163. The zero-order chi connectivity index (χ0) is 33.2. The molecule has 2 aromatic carbocycles. The molecule has 3 aromatic heterocycles. The van der Waals surface area contributed by atoms with Crippen LogP contribution in [0, 0.1) is 0 Å². The van der Waals surface area contributed by atoms with E-state index in [1.807, 2.05) is 43.3 Å². The van der Waals surface area contributed by atoms with Gasteiger partial charge in [0.15, 0.2) is 5.82 Å². The summed E-state index contributed by atoms with van der Waals surface area (Å²) in [5.41, 5.74) is 4.40. The van der Waals surface area contributed by atoms with Crippen molar-refractivity contribution in [3.8, 4) is 5.82 Å². The Balaban J connectivity index is 1.38. The molecule has 47 heavy (non-hydrogen) atoms. The zero-order valence-electron chi connectivity index (χ0n) is 25.6. The molecule has 240 valence electrons. The molecule has 2 aliphatic rings. The van der Waals surface area contributed by atoms with E-state index in [1.54, 1.807) is 33.9 Å². The average molecular weight is 706 g/mol. The second-order valence-electron chi connectivity index (χ2n) is 11.8. The number of amides is 1. The van der Waals surface area contributed by atoms with E-state index in [1.165, 1.54) is 17.0 Å². The molecule has 0 saturated carbocycles.